The first-order valence-corrected chi connectivity index (χ1v) is 8.26. The van der Waals surface area contributed by atoms with Gasteiger partial charge in [-0.1, -0.05) is 35.5 Å². The molecule has 1 heterocycles. The van der Waals surface area contributed by atoms with Crippen LogP contribution in [0.15, 0.2) is 52.4 Å². The molecule has 2 N–H and O–H groups in total. The Morgan fingerprint density at radius 2 is 2.08 bits per heavy atom. The fraction of sp³-hybridized carbons (Fsp3) is 0.0625. The van der Waals surface area contributed by atoms with Gasteiger partial charge in [-0.05, 0) is 30.3 Å². The SMILES string of the molecule is O=C(CSc1nc2ccccc2c(=O)[nH]1)Nc1ccc(F)cc1Cl. The highest BCUT2D eigenvalue weighted by Crippen LogP contribution is 2.23. The van der Waals surface area contributed by atoms with E-state index in [-0.39, 0.29) is 22.2 Å². The normalized spacial score (nSPS) is 10.8. The van der Waals surface area contributed by atoms with Crippen LogP contribution in [0.25, 0.3) is 10.9 Å². The van der Waals surface area contributed by atoms with Crippen LogP contribution in [0.4, 0.5) is 10.1 Å². The molecule has 0 saturated carbocycles. The van der Waals surface area contributed by atoms with Crippen molar-refractivity contribution in [3.8, 4) is 0 Å². The van der Waals surface area contributed by atoms with Crippen LogP contribution in [0, 0.1) is 5.82 Å². The van der Waals surface area contributed by atoms with E-state index in [1.54, 1.807) is 24.3 Å². The van der Waals surface area contributed by atoms with Gasteiger partial charge in [-0.2, -0.15) is 0 Å². The molecule has 1 amide bonds. The van der Waals surface area contributed by atoms with Gasteiger partial charge in [0, 0.05) is 0 Å². The standard InChI is InChI=1S/C16H11ClFN3O2S/c17-11-7-9(18)5-6-13(11)19-14(22)8-24-16-20-12-4-2-1-3-10(12)15(23)21-16/h1-7H,8H2,(H,19,22)(H,20,21,23). The van der Waals surface area contributed by atoms with E-state index in [0.29, 0.717) is 21.7 Å². The van der Waals surface area contributed by atoms with E-state index in [1.165, 1.54) is 12.1 Å². The highest BCUT2D eigenvalue weighted by Gasteiger charge is 2.09. The molecule has 0 aliphatic heterocycles. The second kappa shape index (κ2) is 7.02. The second-order valence-corrected chi connectivity index (χ2v) is 6.22. The minimum Gasteiger partial charge on any atom is -0.324 e. The van der Waals surface area contributed by atoms with Crippen LogP contribution < -0.4 is 10.9 Å². The van der Waals surface area contributed by atoms with Crippen molar-refractivity contribution in [3.63, 3.8) is 0 Å². The molecule has 0 bridgehead atoms. The summed E-state index contributed by atoms with van der Waals surface area (Å²) in [6.45, 7) is 0. The number of nitrogens with zero attached hydrogens (tertiary/aromatic N) is 1. The number of halogens is 2. The number of anilines is 1. The lowest BCUT2D eigenvalue weighted by Crippen LogP contribution is -2.15. The Bertz CT molecular complexity index is 977. The van der Waals surface area contributed by atoms with Crippen LogP contribution >= 0.6 is 23.4 Å². The fourth-order valence-electron chi connectivity index (χ4n) is 2.04. The molecule has 0 radical (unpaired) electrons. The van der Waals surface area contributed by atoms with Gasteiger partial charge < -0.3 is 10.3 Å². The molecule has 24 heavy (non-hydrogen) atoms. The molecule has 0 atom stereocenters. The topological polar surface area (TPSA) is 74.8 Å². The molecule has 8 heteroatoms. The van der Waals surface area contributed by atoms with Gasteiger partial charge in [0.15, 0.2) is 5.16 Å². The number of carbonyl (C=O) groups is 1. The molecule has 0 spiro atoms. The minimum absolute atomic E-state index is 0.0228. The minimum atomic E-state index is -0.481. The molecule has 0 fully saturated rings. The van der Waals surface area contributed by atoms with Crippen LogP contribution in [-0.4, -0.2) is 21.6 Å². The first-order valence-electron chi connectivity index (χ1n) is 6.90. The van der Waals surface area contributed by atoms with Crippen molar-refractivity contribution < 1.29 is 9.18 Å². The predicted molar refractivity (Wildman–Crippen MR) is 93.1 cm³/mol. The van der Waals surface area contributed by atoms with E-state index in [2.05, 4.69) is 15.3 Å². The number of hydrogen-bond acceptors (Lipinski definition) is 4. The summed E-state index contributed by atoms with van der Waals surface area (Å²) in [4.78, 5) is 30.8. The lowest BCUT2D eigenvalue weighted by atomic mass is 10.2. The van der Waals surface area contributed by atoms with Gasteiger partial charge in [-0.25, -0.2) is 9.37 Å². The number of nitrogens with one attached hydrogen (secondary N) is 2. The first-order chi connectivity index (χ1) is 11.5. The van der Waals surface area contributed by atoms with Gasteiger partial charge in [0.25, 0.3) is 5.56 Å². The molecule has 3 aromatic rings. The van der Waals surface area contributed by atoms with Crippen molar-refractivity contribution in [2.24, 2.45) is 0 Å². The average Bonchev–Trinajstić information content (AvgIpc) is 2.56. The molecule has 3 rings (SSSR count). The summed E-state index contributed by atoms with van der Waals surface area (Å²) >= 11 is 6.95. The first kappa shape index (κ1) is 16.5. The zero-order valence-electron chi connectivity index (χ0n) is 12.2. The summed E-state index contributed by atoms with van der Waals surface area (Å²) in [5.74, 6) is -0.802. The van der Waals surface area contributed by atoms with Crippen molar-refractivity contribution in [2.45, 2.75) is 5.16 Å². The van der Waals surface area contributed by atoms with Gasteiger partial charge in [0.05, 0.1) is 27.4 Å². The summed E-state index contributed by atoms with van der Waals surface area (Å²) in [5.41, 5.74) is 0.624. The van der Waals surface area contributed by atoms with Crippen LogP contribution in [-0.2, 0) is 4.79 Å². The number of benzene rings is 2. The number of para-hydroxylation sites is 1. The summed E-state index contributed by atoms with van der Waals surface area (Å²) in [6.07, 6.45) is 0. The highest BCUT2D eigenvalue weighted by molar-refractivity contribution is 7.99. The Kier molecular flexibility index (Phi) is 4.82. The number of rotatable bonds is 4. The number of hydrogen-bond donors (Lipinski definition) is 2. The number of thioether (sulfide) groups is 1. The lowest BCUT2D eigenvalue weighted by Gasteiger charge is -2.07. The van der Waals surface area contributed by atoms with Crippen LogP contribution in [0.1, 0.15) is 0 Å². The van der Waals surface area contributed by atoms with Gasteiger partial charge in [0.1, 0.15) is 5.82 Å². The number of amides is 1. The summed E-state index contributed by atoms with van der Waals surface area (Å²) in [7, 11) is 0. The van der Waals surface area contributed by atoms with Gasteiger partial charge in [-0.3, -0.25) is 9.59 Å². The van der Waals surface area contributed by atoms with Crippen LogP contribution in [0.3, 0.4) is 0 Å². The van der Waals surface area contributed by atoms with Crippen LogP contribution in [0.2, 0.25) is 5.02 Å². The number of carbonyl (C=O) groups excluding carboxylic acids is 1. The molecule has 0 unspecified atom stereocenters. The molecule has 2 aromatic carbocycles. The van der Waals surface area contributed by atoms with E-state index < -0.39 is 5.82 Å². The Morgan fingerprint density at radius 1 is 1.29 bits per heavy atom. The average molecular weight is 364 g/mol. The van der Waals surface area contributed by atoms with Crippen LogP contribution in [0.5, 0.6) is 0 Å². The Balaban J connectivity index is 1.69. The maximum atomic E-state index is 13.0. The molecular weight excluding hydrogens is 353 g/mol. The molecule has 0 aliphatic rings. The van der Waals surface area contributed by atoms with Crippen molar-refractivity contribution >= 4 is 45.9 Å². The van der Waals surface area contributed by atoms with E-state index >= 15 is 0 Å². The fourth-order valence-corrected chi connectivity index (χ4v) is 2.93. The third-order valence-corrected chi connectivity index (χ3v) is 4.32. The molecule has 5 nitrogen and oxygen atoms in total. The summed E-state index contributed by atoms with van der Waals surface area (Å²) < 4.78 is 13.0. The zero-order valence-corrected chi connectivity index (χ0v) is 13.7. The van der Waals surface area contributed by atoms with Crippen molar-refractivity contribution in [3.05, 3.63) is 63.7 Å². The van der Waals surface area contributed by atoms with Crippen molar-refractivity contribution in [2.75, 3.05) is 11.1 Å². The Morgan fingerprint density at radius 3 is 2.88 bits per heavy atom. The van der Waals surface area contributed by atoms with E-state index in [0.717, 1.165) is 17.8 Å². The number of H-pyrrole nitrogens is 1. The van der Waals surface area contributed by atoms with Crippen molar-refractivity contribution in [1.29, 1.82) is 0 Å². The third kappa shape index (κ3) is 3.74. The summed E-state index contributed by atoms with van der Waals surface area (Å²) in [5, 5.41) is 3.53. The van der Waals surface area contributed by atoms with Gasteiger partial charge in [0.2, 0.25) is 5.91 Å². The highest BCUT2D eigenvalue weighted by atomic mass is 35.5. The van der Waals surface area contributed by atoms with E-state index in [1.807, 2.05) is 0 Å². The quantitative estimate of drug-likeness (QED) is 0.550. The number of aromatic amines is 1. The lowest BCUT2D eigenvalue weighted by molar-refractivity contribution is -0.113. The predicted octanol–water partition coefficient (Wildman–Crippen LogP) is 3.45. The van der Waals surface area contributed by atoms with Gasteiger partial charge >= 0.3 is 0 Å². The monoisotopic (exact) mass is 363 g/mol. The van der Waals surface area contributed by atoms with E-state index in [9.17, 15) is 14.0 Å². The zero-order chi connectivity index (χ0) is 17.1. The Hall–Kier alpha value is -2.38. The number of aromatic nitrogens is 2. The molecule has 1 aromatic heterocycles. The second-order valence-electron chi connectivity index (χ2n) is 4.85. The maximum Gasteiger partial charge on any atom is 0.259 e. The molecule has 122 valence electrons. The number of fused-ring (bicyclic) bond motifs is 1. The maximum absolute atomic E-state index is 13.0. The van der Waals surface area contributed by atoms with E-state index in [4.69, 9.17) is 11.6 Å². The molecule has 0 aliphatic carbocycles. The third-order valence-electron chi connectivity index (χ3n) is 3.14. The molecular formula is C16H11ClFN3O2S. The van der Waals surface area contributed by atoms with Gasteiger partial charge in [-0.15, -0.1) is 0 Å². The summed E-state index contributed by atoms with van der Waals surface area (Å²) in [6, 6.07) is 10.7. The molecule has 0 saturated heterocycles. The largest absolute Gasteiger partial charge is 0.324 e. The Labute approximate surface area is 145 Å². The van der Waals surface area contributed by atoms with Crippen molar-refractivity contribution in [1.82, 2.24) is 9.97 Å². The smallest absolute Gasteiger partial charge is 0.259 e.